The monoisotopic (exact) mass is 268 g/mol. The Bertz CT molecular complexity index is 405. The van der Waals surface area contributed by atoms with Gasteiger partial charge in [0.2, 0.25) is 0 Å². The molecule has 2 rings (SSSR count). The lowest BCUT2D eigenvalue weighted by atomic mass is 9.90. The number of aryl methyl sites for hydroxylation is 1. The van der Waals surface area contributed by atoms with E-state index in [9.17, 15) is 0 Å². The molecule has 1 aromatic rings. The zero-order valence-electron chi connectivity index (χ0n) is 11.3. The van der Waals surface area contributed by atoms with Crippen molar-refractivity contribution in [3.63, 3.8) is 0 Å². The Kier molecular flexibility index (Phi) is 4.52. The van der Waals surface area contributed by atoms with Crippen LogP contribution >= 0.6 is 11.6 Å². The maximum atomic E-state index is 6.18. The summed E-state index contributed by atoms with van der Waals surface area (Å²) in [6.07, 6.45) is 2.01. The van der Waals surface area contributed by atoms with Crippen molar-refractivity contribution in [2.45, 2.75) is 51.2 Å². The number of rotatable bonds is 5. The fourth-order valence-corrected chi connectivity index (χ4v) is 2.53. The predicted molar refractivity (Wildman–Crippen MR) is 74.6 cm³/mol. The Morgan fingerprint density at radius 3 is 2.78 bits per heavy atom. The minimum absolute atomic E-state index is 0.0338. The Balaban J connectivity index is 1.99. The van der Waals surface area contributed by atoms with E-state index >= 15 is 0 Å². The smallest absolute Gasteiger partial charge is 0.128 e. The van der Waals surface area contributed by atoms with E-state index in [-0.39, 0.29) is 17.6 Å². The van der Waals surface area contributed by atoms with E-state index in [1.807, 2.05) is 12.1 Å². The third-order valence-electron chi connectivity index (χ3n) is 3.53. The summed E-state index contributed by atoms with van der Waals surface area (Å²) in [5, 5.41) is 0.0895. The molecule has 1 saturated carbocycles. The topological polar surface area (TPSA) is 18.5 Å². The van der Waals surface area contributed by atoms with Crippen molar-refractivity contribution in [1.82, 2.24) is 0 Å². The van der Waals surface area contributed by atoms with Crippen LogP contribution in [0.3, 0.4) is 0 Å². The summed E-state index contributed by atoms with van der Waals surface area (Å²) in [5.41, 5.74) is 2.45. The molecular formula is C15H21ClO2. The SMILES string of the molecule is CCCOC1C(Cl)CC1Oc1cccc(C)c1C. The molecule has 0 heterocycles. The summed E-state index contributed by atoms with van der Waals surface area (Å²) in [4.78, 5) is 0. The van der Waals surface area contributed by atoms with Gasteiger partial charge in [-0.1, -0.05) is 19.1 Å². The number of hydrogen-bond donors (Lipinski definition) is 0. The Morgan fingerprint density at radius 1 is 1.33 bits per heavy atom. The summed E-state index contributed by atoms with van der Waals surface area (Å²) in [5.74, 6) is 0.952. The van der Waals surface area contributed by atoms with Crippen LogP contribution in [0, 0.1) is 13.8 Å². The van der Waals surface area contributed by atoms with E-state index in [4.69, 9.17) is 21.1 Å². The van der Waals surface area contributed by atoms with Crippen LogP contribution in [0.4, 0.5) is 0 Å². The Labute approximate surface area is 114 Å². The molecule has 0 amide bonds. The van der Waals surface area contributed by atoms with Gasteiger partial charge >= 0.3 is 0 Å². The van der Waals surface area contributed by atoms with Crippen molar-refractivity contribution in [3.05, 3.63) is 29.3 Å². The minimum atomic E-state index is 0.0338. The third-order valence-corrected chi connectivity index (χ3v) is 3.95. The van der Waals surface area contributed by atoms with Crippen LogP contribution in [0.2, 0.25) is 0 Å². The van der Waals surface area contributed by atoms with Crippen molar-refractivity contribution in [2.24, 2.45) is 0 Å². The van der Waals surface area contributed by atoms with E-state index in [2.05, 4.69) is 26.8 Å². The van der Waals surface area contributed by atoms with Gasteiger partial charge in [-0.15, -0.1) is 11.6 Å². The fraction of sp³-hybridized carbons (Fsp3) is 0.600. The molecule has 3 atom stereocenters. The van der Waals surface area contributed by atoms with Gasteiger partial charge in [-0.25, -0.2) is 0 Å². The molecule has 18 heavy (non-hydrogen) atoms. The molecule has 1 fully saturated rings. The zero-order chi connectivity index (χ0) is 13.1. The van der Waals surface area contributed by atoms with E-state index < -0.39 is 0 Å². The van der Waals surface area contributed by atoms with Crippen LogP contribution in [0.5, 0.6) is 5.75 Å². The minimum Gasteiger partial charge on any atom is -0.487 e. The van der Waals surface area contributed by atoms with Crippen molar-refractivity contribution in [2.75, 3.05) is 6.61 Å². The van der Waals surface area contributed by atoms with Gasteiger partial charge in [-0.3, -0.25) is 0 Å². The molecule has 0 aromatic heterocycles. The molecule has 3 unspecified atom stereocenters. The highest BCUT2D eigenvalue weighted by atomic mass is 35.5. The second-order valence-corrected chi connectivity index (χ2v) is 5.50. The normalized spacial score (nSPS) is 26.8. The van der Waals surface area contributed by atoms with Crippen LogP contribution in [0.1, 0.15) is 30.9 Å². The first kappa shape index (κ1) is 13.7. The maximum absolute atomic E-state index is 6.18. The highest BCUT2D eigenvalue weighted by molar-refractivity contribution is 6.21. The first-order valence-electron chi connectivity index (χ1n) is 6.62. The van der Waals surface area contributed by atoms with Crippen LogP contribution in [0.15, 0.2) is 18.2 Å². The molecule has 3 heteroatoms. The lowest BCUT2D eigenvalue weighted by molar-refractivity contribution is -0.0799. The fourth-order valence-electron chi connectivity index (χ4n) is 2.12. The van der Waals surface area contributed by atoms with Crippen LogP contribution < -0.4 is 4.74 Å². The summed E-state index contributed by atoms with van der Waals surface area (Å²) < 4.78 is 11.8. The molecule has 1 aromatic carbocycles. The molecule has 0 radical (unpaired) electrons. The van der Waals surface area contributed by atoms with Gasteiger partial charge in [0.1, 0.15) is 18.0 Å². The number of benzene rings is 1. The Morgan fingerprint density at radius 2 is 2.11 bits per heavy atom. The van der Waals surface area contributed by atoms with E-state index in [1.54, 1.807) is 0 Å². The van der Waals surface area contributed by atoms with Gasteiger partial charge in [-0.2, -0.15) is 0 Å². The van der Waals surface area contributed by atoms with E-state index in [0.29, 0.717) is 0 Å². The standard InChI is InChI=1S/C15H21ClO2/c1-4-8-17-15-12(16)9-14(15)18-13-7-5-6-10(2)11(13)3/h5-7,12,14-15H,4,8-9H2,1-3H3. The van der Waals surface area contributed by atoms with Gasteiger partial charge in [0, 0.05) is 13.0 Å². The molecule has 100 valence electrons. The molecular weight excluding hydrogens is 248 g/mol. The largest absolute Gasteiger partial charge is 0.487 e. The van der Waals surface area contributed by atoms with E-state index in [1.165, 1.54) is 11.1 Å². The summed E-state index contributed by atoms with van der Waals surface area (Å²) in [6, 6.07) is 6.13. The average molecular weight is 269 g/mol. The van der Waals surface area contributed by atoms with Gasteiger partial charge in [0.25, 0.3) is 0 Å². The van der Waals surface area contributed by atoms with Crippen molar-refractivity contribution in [3.8, 4) is 5.75 Å². The maximum Gasteiger partial charge on any atom is 0.128 e. The van der Waals surface area contributed by atoms with Crippen LogP contribution in [0.25, 0.3) is 0 Å². The average Bonchev–Trinajstić information content (AvgIpc) is 2.34. The summed E-state index contributed by atoms with van der Waals surface area (Å²) in [7, 11) is 0. The van der Waals surface area contributed by atoms with Gasteiger partial charge in [0.05, 0.1) is 5.38 Å². The van der Waals surface area contributed by atoms with E-state index in [0.717, 1.165) is 25.2 Å². The van der Waals surface area contributed by atoms with Gasteiger partial charge < -0.3 is 9.47 Å². The van der Waals surface area contributed by atoms with Crippen molar-refractivity contribution < 1.29 is 9.47 Å². The lowest BCUT2D eigenvalue weighted by Gasteiger charge is -2.40. The van der Waals surface area contributed by atoms with Crippen LogP contribution in [-0.2, 0) is 4.74 Å². The number of ether oxygens (including phenoxy) is 2. The Hall–Kier alpha value is -0.730. The molecule has 0 bridgehead atoms. The van der Waals surface area contributed by atoms with Crippen LogP contribution in [-0.4, -0.2) is 24.2 Å². The molecule has 1 aliphatic carbocycles. The second-order valence-electron chi connectivity index (χ2n) is 4.94. The quantitative estimate of drug-likeness (QED) is 0.755. The first-order chi connectivity index (χ1) is 8.63. The van der Waals surface area contributed by atoms with Gasteiger partial charge in [0.15, 0.2) is 0 Å². The number of hydrogen-bond acceptors (Lipinski definition) is 2. The molecule has 0 N–H and O–H groups in total. The molecule has 0 aliphatic heterocycles. The molecule has 2 nitrogen and oxygen atoms in total. The third kappa shape index (κ3) is 2.81. The van der Waals surface area contributed by atoms with Gasteiger partial charge in [-0.05, 0) is 37.5 Å². The lowest BCUT2D eigenvalue weighted by Crippen LogP contribution is -2.52. The highest BCUT2D eigenvalue weighted by Crippen LogP contribution is 2.34. The summed E-state index contributed by atoms with van der Waals surface area (Å²) >= 11 is 6.18. The summed E-state index contributed by atoms with van der Waals surface area (Å²) in [6.45, 7) is 7.03. The highest BCUT2D eigenvalue weighted by Gasteiger charge is 2.42. The number of halogens is 1. The van der Waals surface area contributed by atoms with Crippen molar-refractivity contribution >= 4 is 11.6 Å². The first-order valence-corrected chi connectivity index (χ1v) is 7.05. The van der Waals surface area contributed by atoms with Crippen molar-refractivity contribution in [1.29, 1.82) is 0 Å². The molecule has 1 aliphatic rings. The molecule has 0 spiro atoms. The number of alkyl halides is 1. The predicted octanol–water partition coefficient (Wildman–Crippen LogP) is 3.86. The molecule has 0 saturated heterocycles. The second kappa shape index (κ2) is 5.94. The zero-order valence-corrected chi connectivity index (χ0v) is 12.0.